The summed E-state index contributed by atoms with van der Waals surface area (Å²) in [4.78, 5) is 17.0. The number of aliphatic hydroxyl groups is 1. The first-order chi connectivity index (χ1) is 19.1. The minimum absolute atomic E-state index is 0.0365. The molecule has 0 saturated carbocycles. The zero-order chi connectivity index (χ0) is 27.0. The van der Waals surface area contributed by atoms with Crippen molar-refractivity contribution in [2.75, 3.05) is 39.3 Å². The van der Waals surface area contributed by atoms with Crippen molar-refractivity contribution in [3.63, 3.8) is 0 Å². The zero-order valence-corrected chi connectivity index (χ0v) is 23.2. The van der Waals surface area contributed by atoms with E-state index in [9.17, 15) is 9.90 Å². The maximum Gasteiger partial charge on any atom is 0.315 e. The molecule has 3 aliphatic rings. The monoisotopic (exact) mass is 536 g/mol. The number of likely N-dealkylation sites (tertiary alicyclic amines) is 2. The molecule has 4 atom stereocenters. The minimum atomic E-state index is -0.462. The Bertz CT molecular complexity index is 1040. The first-order valence-corrected chi connectivity index (χ1v) is 14.7. The van der Waals surface area contributed by atoms with Crippen LogP contribution < -0.4 is 10.6 Å². The van der Waals surface area contributed by atoms with E-state index in [0.29, 0.717) is 19.1 Å². The maximum atomic E-state index is 11.8. The van der Waals surface area contributed by atoms with Crippen LogP contribution in [-0.2, 0) is 22.6 Å². The van der Waals surface area contributed by atoms with Gasteiger partial charge in [-0.1, -0.05) is 48.5 Å². The Morgan fingerprint density at radius 1 is 0.897 bits per heavy atom. The van der Waals surface area contributed by atoms with Crippen LogP contribution in [-0.4, -0.2) is 72.4 Å². The van der Waals surface area contributed by atoms with Crippen LogP contribution in [0.2, 0.25) is 0 Å². The summed E-state index contributed by atoms with van der Waals surface area (Å²) < 4.78 is 13.2. The van der Waals surface area contributed by atoms with Crippen molar-refractivity contribution >= 4 is 6.03 Å². The second-order valence-corrected chi connectivity index (χ2v) is 11.1. The van der Waals surface area contributed by atoms with Gasteiger partial charge in [0.2, 0.25) is 0 Å². The second-order valence-electron chi connectivity index (χ2n) is 11.1. The average Bonchev–Trinajstić information content (AvgIpc) is 3.65. The molecule has 2 aromatic rings. The van der Waals surface area contributed by atoms with Crippen LogP contribution in [0.3, 0.4) is 0 Å². The van der Waals surface area contributed by atoms with Gasteiger partial charge in [-0.05, 0) is 68.9 Å². The fraction of sp³-hybridized carbons (Fsp3) is 0.581. The lowest BCUT2D eigenvalue weighted by atomic mass is 9.99. The Morgan fingerprint density at radius 2 is 1.62 bits per heavy atom. The van der Waals surface area contributed by atoms with Gasteiger partial charge >= 0.3 is 6.03 Å². The summed E-state index contributed by atoms with van der Waals surface area (Å²) >= 11 is 0. The zero-order valence-electron chi connectivity index (χ0n) is 23.2. The normalized spacial score (nSPS) is 26.1. The van der Waals surface area contributed by atoms with Crippen molar-refractivity contribution in [1.82, 2.24) is 20.4 Å². The molecule has 0 radical (unpaired) electrons. The summed E-state index contributed by atoms with van der Waals surface area (Å²) in [5.74, 6) is 0. The van der Waals surface area contributed by atoms with Crippen LogP contribution in [0.15, 0.2) is 48.5 Å². The highest BCUT2D eigenvalue weighted by atomic mass is 16.7. The molecule has 0 aromatic heterocycles. The van der Waals surface area contributed by atoms with E-state index in [1.54, 1.807) is 0 Å². The molecule has 8 heteroatoms. The minimum Gasteiger partial charge on any atom is -0.392 e. The molecule has 39 heavy (non-hydrogen) atoms. The molecule has 8 nitrogen and oxygen atoms in total. The highest BCUT2D eigenvalue weighted by molar-refractivity contribution is 5.73. The number of carbonyl (C=O) groups excluding carboxylic acids is 1. The van der Waals surface area contributed by atoms with Gasteiger partial charge < -0.3 is 30.1 Å². The molecule has 3 heterocycles. The molecule has 3 aliphatic heterocycles. The van der Waals surface area contributed by atoms with Gasteiger partial charge in [0.15, 0.2) is 6.29 Å². The number of urea groups is 1. The van der Waals surface area contributed by atoms with Crippen LogP contribution in [0.4, 0.5) is 4.79 Å². The lowest BCUT2D eigenvalue weighted by Crippen LogP contribution is -2.45. The van der Waals surface area contributed by atoms with E-state index in [4.69, 9.17) is 9.47 Å². The third-order valence-corrected chi connectivity index (χ3v) is 8.26. The number of benzene rings is 2. The molecule has 0 aliphatic carbocycles. The molecule has 3 fully saturated rings. The molecule has 0 unspecified atom stereocenters. The number of hydrogen-bond acceptors (Lipinski definition) is 6. The fourth-order valence-electron chi connectivity index (χ4n) is 6.10. The van der Waals surface area contributed by atoms with Crippen LogP contribution in [0.5, 0.6) is 0 Å². The van der Waals surface area contributed by atoms with Gasteiger partial charge in [0.05, 0.1) is 18.8 Å². The molecule has 0 bridgehead atoms. The van der Waals surface area contributed by atoms with Gasteiger partial charge in [0.1, 0.15) is 0 Å². The average molecular weight is 537 g/mol. The Labute approximate surface area is 232 Å². The van der Waals surface area contributed by atoms with Gasteiger partial charge in [0, 0.05) is 44.2 Å². The first kappa shape index (κ1) is 28.1. The number of hydrogen-bond donors (Lipinski definition) is 3. The standard InChI is InChI=1S/C31H44N4O4/c1-2-32-31(37)33-19-23-7-13-26(14-8-23)30-38-28(18-29(39-30)25-11-9-24(22-36)10-12-25)21-35-17-5-6-27(35)20-34-15-3-4-16-34/h7-14,27-30,36H,2-6,15-22H2,1H3,(H2,32,33,37)/t27-,28+,29-,30-/m0/s1. The van der Waals surface area contributed by atoms with Crippen molar-refractivity contribution in [3.8, 4) is 0 Å². The third kappa shape index (κ3) is 7.58. The van der Waals surface area contributed by atoms with Gasteiger partial charge in [-0.15, -0.1) is 0 Å². The lowest BCUT2D eigenvalue weighted by molar-refractivity contribution is -0.253. The number of amides is 2. The van der Waals surface area contributed by atoms with E-state index in [2.05, 4.69) is 32.6 Å². The van der Waals surface area contributed by atoms with Gasteiger partial charge in [0.25, 0.3) is 0 Å². The Morgan fingerprint density at radius 3 is 2.33 bits per heavy atom. The third-order valence-electron chi connectivity index (χ3n) is 8.26. The highest BCUT2D eigenvalue weighted by Gasteiger charge is 2.36. The molecule has 0 spiro atoms. The largest absolute Gasteiger partial charge is 0.392 e. The number of carbonyl (C=O) groups is 1. The second kappa shape index (κ2) is 13.7. The molecule has 5 rings (SSSR count). The Balaban J connectivity index is 1.28. The summed E-state index contributed by atoms with van der Waals surface area (Å²) in [6.07, 6.45) is 5.49. The van der Waals surface area contributed by atoms with Gasteiger partial charge in [-0.3, -0.25) is 4.90 Å². The predicted octanol–water partition coefficient (Wildman–Crippen LogP) is 4.10. The smallest absolute Gasteiger partial charge is 0.315 e. The van der Waals surface area contributed by atoms with Crippen LogP contribution in [0, 0.1) is 0 Å². The first-order valence-electron chi connectivity index (χ1n) is 14.7. The summed E-state index contributed by atoms with van der Waals surface area (Å²) in [5, 5.41) is 15.1. The number of rotatable bonds is 10. The lowest BCUT2D eigenvalue weighted by Gasteiger charge is -2.39. The van der Waals surface area contributed by atoms with Crippen molar-refractivity contribution in [1.29, 1.82) is 0 Å². The van der Waals surface area contributed by atoms with Gasteiger partial charge in [-0.25, -0.2) is 4.79 Å². The Kier molecular flexibility index (Phi) is 9.87. The summed E-state index contributed by atoms with van der Waals surface area (Å²) in [5.41, 5.74) is 4.02. The maximum absolute atomic E-state index is 11.8. The number of nitrogens with zero attached hydrogens (tertiary/aromatic N) is 2. The number of nitrogens with one attached hydrogen (secondary N) is 2. The summed E-state index contributed by atoms with van der Waals surface area (Å²) in [6, 6.07) is 16.7. The molecule has 3 N–H and O–H groups in total. The van der Waals surface area contributed by atoms with E-state index in [1.807, 2.05) is 43.3 Å². The number of aliphatic hydroxyl groups excluding tert-OH is 1. The summed E-state index contributed by atoms with van der Waals surface area (Å²) in [6.45, 7) is 8.70. The molecular formula is C31H44N4O4. The molecule has 2 amide bonds. The van der Waals surface area contributed by atoms with Crippen molar-refractivity contribution in [3.05, 3.63) is 70.8 Å². The van der Waals surface area contributed by atoms with E-state index in [0.717, 1.165) is 41.8 Å². The van der Waals surface area contributed by atoms with E-state index >= 15 is 0 Å². The van der Waals surface area contributed by atoms with E-state index in [1.165, 1.54) is 45.3 Å². The fourth-order valence-corrected chi connectivity index (χ4v) is 6.10. The topological polar surface area (TPSA) is 86.3 Å². The van der Waals surface area contributed by atoms with E-state index in [-0.39, 0.29) is 24.8 Å². The predicted molar refractivity (Wildman–Crippen MR) is 151 cm³/mol. The SMILES string of the molecule is CCNC(=O)NCc1ccc([C@H]2O[C@@H](CN3CCC[C@H]3CN3CCCC3)C[C@@H](c3ccc(CO)cc3)O2)cc1. The van der Waals surface area contributed by atoms with Crippen molar-refractivity contribution in [2.45, 2.75) is 76.7 Å². The molecule has 212 valence electrons. The van der Waals surface area contributed by atoms with Gasteiger partial charge in [-0.2, -0.15) is 0 Å². The van der Waals surface area contributed by atoms with Crippen LogP contribution in [0.25, 0.3) is 0 Å². The highest BCUT2D eigenvalue weighted by Crippen LogP contribution is 2.38. The molecule has 2 aromatic carbocycles. The molecular weight excluding hydrogens is 492 g/mol. The van der Waals surface area contributed by atoms with Crippen LogP contribution in [0.1, 0.15) is 73.7 Å². The van der Waals surface area contributed by atoms with E-state index < -0.39 is 6.29 Å². The molecule has 3 saturated heterocycles. The quantitative estimate of drug-likeness (QED) is 0.424. The number of ether oxygens (including phenoxy) is 2. The van der Waals surface area contributed by atoms with Crippen molar-refractivity contribution in [2.24, 2.45) is 0 Å². The Hall–Kier alpha value is -2.49. The summed E-state index contributed by atoms with van der Waals surface area (Å²) in [7, 11) is 0. The van der Waals surface area contributed by atoms with Crippen LogP contribution >= 0.6 is 0 Å². The van der Waals surface area contributed by atoms with Crippen molar-refractivity contribution < 1.29 is 19.4 Å².